The third-order valence-corrected chi connectivity index (χ3v) is 3.66. The molecule has 0 amide bonds. The standard InChI is InChI=1S/C8H14O4.C7H10O4/c9-7(10)5-3-1-2-4-6-8(11)12;8-6(9)4-1-2-5(3-4)7(10)11/h1-6H2,(H,9,10)(H,11,12);4-5H,1-3H2,(H,8,9)(H,10,11). The van der Waals surface area contributed by atoms with Crippen LogP contribution >= 0.6 is 0 Å². The van der Waals surface area contributed by atoms with E-state index in [0.717, 1.165) is 12.8 Å². The Morgan fingerprint density at radius 3 is 1.22 bits per heavy atom. The Balaban J connectivity index is 0.000000422. The van der Waals surface area contributed by atoms with Gasteiger partial charge in [-0.1, -0.05) is 12.8 Å². The van der Waals surface area contributed by atoms with Crippen molar-refractivity contribution in [2.24, 2.45) is 11.8 Å². The van der Waals surface area contributed by atoms with Gasteiger partial charge in [-0.3, -0.25) is 19.2 Å². The molecule has 0 aliphatic heterocycles. The molecule has 0 aromatic carbocycles. The molecule has 0 saturated heterocycles. The minimum Gasteiger partial charge on any atom is -0.481 e. The lowest BCUT2D eigenvalue weighted by atomic mass is 10.1. The number of carboxylic acid groups (broad SMARTS) is 4. The normalized spacial score (nSPS) is 19.5. The summed E-state index contributed by atoms with van der Waals surface area (Å²) in [5.41, 5.74) is 0. The van der Waals surface area contributed by atoms with E-state index in [1.54, 1.807) is 0 Å². The first-order valence-corrected chi connectivity index (χ1v) is 7.63. The fraction of sp³-hybridized carbons (Fsp3) is 0.733. The highest BCUT2D eigenvalue weighted by atomic mass is 16.4. The van der Waals surface area contributed by atoms with E-state index in [1.165, 1.54) is 0 Å². The van der Waals surface area contributed by atoms with Crippen molar-refractivity contribution in [3.05, 3.63) is 0 Å². The van der Waals surface area contributed by atoms with Gasteiger partial charge < -0.3 is 20.4 Å². The van der Waals surface area contributed by atoms with Crippen LogP contribution in [-0.2, 0) is 19.2 Å². The maximum atomic E-state index is 10.4. The minimum absolute atomic E-state index is 0.188. The van der Waals surface area contributed by atoms with Crippen molar-refractivity contribution >= 4 is 23.9 Å². The van der Waals surface area contributed by atoms with Crippen molar-refractivity contribution < 1.29 is 39.6 Å². The van der Waals surface area contributed by atoms with E-state index in [9.17, 15) is 19.2 Å². The largest absolute Gasteiger partial charge is 0.481 e. The number of aliphatic carboxylic acids is 4. The molecule has 0 radical (unpaired) electrons. The van der Waals surface area contributed by atoms with Crippen molar-refractivity contribution in [1.82, 2.24) is 0 Å². The molecule has 132 valence electrons. The summed E-state index contributed by atoms with van der Waals surface area (Å²) in [6.45, 7) is 0. The van der Waals surface area contributed by atoms with Gasteiger partial charge >= 0.3 is 23.9 Å². The van der Waals surface area contributed by atoms with Crippen LogP contribution in [0.5, 0.6) is 0 Å². The van der Waals surface area contributed by atoms with Gasteiger partial charge in [0.05, 0.1) is 11.8 Å². The fourth-order valence-corrected chi connectivity index (χ4v) is 2.34. The Hall–Kier alpha value is -2.12. The number of rotatable bonds is 9. The lowest BCUT2D eigenvalue weighted by Crippen LogP contribution is -2.13. The van der Waals surface area contributed by atoms with Crippen LogP contribution in [-0.4, -0.2) is 44.3 Å². The molecular weight excluding hydrogens is 308 g/mol. The molecule has 1 fully saturated rings. The summed E-state index contributed by atoms with van der Waals surface area (Å²) in [5.74, 6) is -4.17. The number of carboxylic acids is 4. The zero-order valence-electron chi connectivity index (χ0n) is 12.9. The van der Waals surface area contributed by atoms with Crippen LogP contribution in [0.15, 0.2) is 0 Å². The topological polar surface area (TPSA) is 149 Å². The van der Waals surface area contributed by atoms with E-state index in [1.807, 2.05) is 0 Å². The number of carbonyl (C=O) groups is 4. The van der Waals surface area contributed by atoms with Gasteiger partial charge in [-0.05, 0) is 32.1 Å². The SMILES string of the molecule is O=C(O)C1CCC(C(=O)O)C1.O=C(O)CCCCCCC(=O)O. The molecule has 4 N–H and O–H groups in total. The lowest BCUT2D eigenvalue weighted by Gasteiger charge is -2.01. The van der Waals surface area contributed by atoms with E-state index in [0.29, 0.717) is 32.1 Å². The fourth-order valence-electron chi connectivity index (χ4n) is 2.34. The first-order chi connectivity index (χ1) is 10.7. The summed E-state index contributed by atoms with van der Waals surface area (Å²) in [7, 11) is 0. The highest BCUT2D eigenvalue weighted by Gasteiger charge is 2.33. The van der Waals surface area contributed by atoms with Gasteiger partial charge in [0.25, 0.3) is 0 Å². The average molecular weight is 332 g/mol. The summed E-state index contributed by atoms with van der Waals surface area (Å²) >= 11 is 0. The van der Waals surface area contributed by atoms with Crippen molar-refractivity contribution in [3.63, 3.8) is 0 Å². The van der Waals surface area contributed by atoms with E-state index in [-0.39, 0.29) is 12.8 Å². The Morgan fingerprint density at radius 2 is 1.00 bits per heavy atom. The maximum Gasteiger partial charge on any atom is 0.306 e. The Bertz CT molecular complexity index is 380. The van der Waals surface area contributed by atoms with Crippen molar-refractivity contribution in [2.75, 3.05) is 0 Å². The van der Waals surface area contributed by atoms with Gasteiger partial charge in [-0.25, -0.2) is 0 Å². The summed E-state index contributed by atoms with van der Waals surface area (Å²) < 4.78 is 0. The first-order valence-electron chi connectivity index (χ1n) is 7.63. The molecule has 8 heteroatoms. The molecule has 23 heavy (non-hydrogen) atoms. The minimum atomic E-state index is -0.867. The van der Waals surface area contributed by atoms with Crippen molar-refractivity contribution in [3.8, 4) is 0 Å². The molecule has 2 unspecified atom stereocenters. The first kappa shape index (κ1) is 20.9. The molecule has 0 heterocycles. The number of hydrogen-bond donors (Lipinski definition) is 4. The van der Waals surface area contributed by atoms with E-state index >= 15 is 0 Å². The highest BCUT2D eigenvalue weighted by molar-refractivity contribution is 5.75. The molecule has 1 rings (SSSR count). The summed E-state index contributed by atoms with van der Waals surface area (Å²) in [6.07, 6.45) is 4.59. The van der Waals surface area contributed by atoms with E-state index in [4.69, 9.17) is 20.4 Å². The van der Waals surface area contributed by atoms with Crippen LogP contribution in [0.25, 0.3) is 0 Å². The van der Waals surface area contributed by atoms with Crippen LogP contribution < -0.4 is 0 Å². The Kier molecular flexibility index (Phi) is 10.4. The average Bonchev–Trinajstić information content (AvgIpc) is 2.93. The van der Waals surface area contributed by atoms with Crippen LogP contribution in [0.3, 0.4) is 0 Å². The predicted molar refractivity (Wildman–Crippen MR) is 79.1 cm³/mol. The van der Waals surface area contributed by atoms with Crippen molar-refractivity contribution in [1.29, 1.82) is 0 Å². The third kappa shape index (κ3) is 11.1. The molecule has 1 aliphatic rings. The van der Waals surface area contributed by atoms with Gasteiger partial charge in [0.15, 0.2) is 0 Å². The maximum absolute atomic E-state index is 10.4. The van der Waals surface area contributed by atoms with E-state index in [2.05, 4.69) is 0 Å². The Labute approximate surface area is 134 Å². The molecule has 2 atom stereocenters. The molecule has 8 nitrogen and oxygen atoms in total. The van der Waals surface area contributed by atoms with Gasteiger partial charge in [0, 0.05) is 12.8 Å². The lowest BCUT2D eigenvalue weighted by molar-refractivity contribution is -0.143. The van der Waals surface area contributed by atoms with Gasteiger partial charge in [-0.15, -0.1) is 0 Å². The third-order valence-electron chi connectivity index (χ3n) is 3.66. The summed E-state index contributed by atoms with van der Waals surface area (Å²) in [4.78, 5) is 40.8. The number of unbranched alkanes of at least 4 members (excludes halogenated alkanes) is 3. The molecule has 1 aliphatic carbocycles. The van der Waals surface area contributed by atoms with Crippen LogP contribution in [0.2, 0.25) is 0 Å². The summed E-state index contributed by atoms with van der Waals surface area (Å²) in [6, 6.07) is 0. The molecule has 1 saturated carbocycles. The monoisotopic (exact) mass is 332 g/mol. The molecule has 0 bridgehead atoms. The second kappa shape index (κ2) is 11.4. The zero-order chi connectivity index (χ0) is 17.8. The van der Waals surface area contributed by atoms with Crippen LogP contribution in [0, 0.1) is 11.8 Å². The van der Waals surface area contributed by atoms with E-state index < -0.39 is 35.7 Å². The van der Waals surface area contributed by atoms with Gasteiger partial charge in [0.1, 0.15) is 0 Å². The highest BCUT2D eigenvalue weighted by Crippen LogP contribution is 2.30. The van der Waals surface area contributed by atoms with Gasteiger partial charge in [0.2, 0.25) is 0 Å². The summed E-state index contributed by atoms with van der Waals surface area (Å²) in [5, 5.41) is 33.6. The van der Waals surface area contributed by atoms with Crippen molar-refractivity contribution in [2.45, 2.75) is 57.8 Å². The Morgan fingerprint density at radius 1 is 0.652 bits per heavy atom. The van der Waals surface area contributed by atoms with Crippen LogP contribution in [0.1, 0.15) is 57.8 Å². The molecule has 0 spiro atoms. The zero-order valence-corrected chi connectivity index (χ0v) is 12.9. The molecule has 0 aromatic heterocycles. The predicted octanol–water partition coefficient (Wildman–Crippen LogP) is 2.07. The second-order valence-electron chi connectivity index (χ2n) is 5.59. The smallest absolute Gasteiger partial charge is 0.306 e. The quantitative estimate of drug-likeness (QED) is 0.469. The van der Waals surface area contributed by atoms with Gasteiger partial charge in [-0.2, -0.15) is 0 Å². The second-order valence-corrected chi connectivity index (χ2v) is 5.59. The van der Waals surface area contributed by atoms with Crippen LogP contribution in [0.4, 0.5) is 0 Å². The number of hydrogen-bond acceptors (Lipinski definition) is 4. The molecular formula is C15H24O8. The molecule has 0 aromatic rings.